The highest BCUT2D eigenvalue weighted by atomic mass is 127. The first kappa shape index (κ1) is 13.1. The van der Waals surface area contributed by atoms with Crippen molar-refractivity contribution in [1.29, 1.82) is 0 Å². The molecule has 0 spiro atoms. The minimum atomic E-state index is -0.966. The summed E-state index contributed by atoms with van der Waals surface area (Å²) in [5.41, 5.74) is 0.496. The fraction of sp³-hybridized carbons (Fsp3) is 0.200. The highest BCUT2D eigenvalue weighted by Crippen LogP contribution is 2.25. The second kappa shape index (κ2) is 5.14. The summed E-state index contributed by atoms with van der Waals surface area (Å²) in [6.07, 6.45) is 0. The Morgan fingerprint density at radius 1 is 1.39 bits per heavy atom. The van der Waals surface area contributed by atoms with E-state index in [0.29, 0.717) is 22.5 Å². The van der Waals surface area contributed by atoms with E-state index in [1.165, 1.54) is 0 Å². The lowest BCUT2D eigenvalue weighted by molar-refractivity contribution is 0.0701. The molecule has 0 aliphatic carbocycles. The molecule has 0 amide bonds. The number of carboxylic acid groups (broad SMARTS) is 1. The molecule has 18 heavy (non-hydrogen) atoms. The Morgan fingerprint density at radius 2 is 2.11 bits per heavy atom. The van der Waals surface area contributed by atoms with E-state index in [-0.39, 0.29) is 4.88 Å². The van der Waals surface area contributed by atoms with Gasteiger partial charge in [0.05, 0.1) is 5.69 Å². The third kappa shape index (κ3) is 2.93. The van der Waals surface area contributed by atoms with Gasteiger partial charge in [0.25, 0.3) is 0 Å². The number of hydrogen-bond donors (Lipinski definition) is 2. The Bertz CT molecular complexity index is 594. The third-order valence-electron chi connectivity index (χ3n) is 2.03. The van der Waals surface area contributed by atoms with Gasteiger partial charge in [0.2, 0.25) is 0 Å². The largest absolute Gasteiger partial charge is 0.477 e. The highest BCUT2D eigenvalue weighted by molar-refractivity contribution is 14.1. The van der Waals surface area contributed by atoms with Crippen LogP contribution in [0.2, 0.25) is 0 Å². The van der Waals surface area contributed by atoms with Gasteiger partial charge in [-0.2, -0.15) is 0 Å². The molecule has 0 unspecified atom stereocenters. The summed E-state index contributed by atoms with van der Waals surface area (Å²) < 4.78 is 0.814. The number of nitrogens with one attached hydrogen (secondary N) is 1. The van der Waals surface area contributed by atoms with Crippen LogP contribution in [0.15, 0.2) is 6.07 Å². The number of anilines is 2. The quantitative estimate of drug-likeness (QED) is 0.633. The minimum Gasteiger partial charge on any atom is -0.477 e. The first-order valence-electron chi connectivity index (χ1n) is 4.94. The van der Waals surface area contributed by atoms with Gasteiger partial charge >= 0.3 is 5.97 Å². The molecule has 0 bridgehead atoms. The molecular formula is C10H9IN4O2S. The van der Waals surface area contributed by atoms with Crippen LogP contribution in [0.3, 0.4) is 0 Å². The van der Waals surface area contributed by atoms with Gasteiger partial charge in [0.15, 0.2) is 5.13 Å². The van der Waals surface area contributed by atoms with Gasteiger partial charge < -0.3 is 10.4 Å². The van der Waals surface area contributed by atoms with Crippen LogP contribution in [-0.4, -0.2) is 26.0 Å². The number of aromatic carboxylic acids is 1. The number of aryl methyl sites for hydroxylation is 2. The fourth-order valence-corrected chi connectivity index (χ4v) is 2.81. The molecule has 0 radical (unpaired) electrons. The van der Waals surface area contributed by atoms with Gasteiger partial charge in [-0.3, -0.25) is 0 Å². The number of halogens is 1. The molecule has 2 N–H and O–H groups in total. The van der Waals surface area contributed by atoms with Crippen molar-refractivity contribution in [2.45, 2.75) is 13.8 Å². The molecule has 8 heteroatoms. The number of nitrogens with zero attached hydrogens (tertiary/aromatic N) is 3. The monoisotopic (exact) mass is 376 g/mol. The van der Waals surface area contributed by atoms with Crippen molar-refractivity contribution in [3.63, 3.8) is 0 Å². The number of aromatic nitrogens is 3. The van der Waals surface area contributed by atoms with Crippen molar-refractivity contribution >= 4 is 50.8 Å². The Balaban J connectivity index is 2.28. The molecule has 2 aromatic rings. The second-order valence-corrected chi connectivity index (χ2v) is 5.59. The molecule has 0 atom stereocenters. The van der Waals surface area contributed by atoms with Crippen LogP contribution in [0.25, 0.3) is 0 Å². The van der Waals surface area contributed by atoms with Gasteiger partial charge in [-0.25, -0.2) is 19.7 Å². The SMILES string of the molecule is Cc1nc(I)cc(Nc2nc(C)c(C(=O)O)s2)n1. The minimum absolute atomic E-state index is 0.234. The summed E-state index contributed by atoms with van der Waals surface area (Å²) >= 11 is 3.18. The molecule has 6 nitrogen and oxygen atoms in total. The predicted octanol–water partition coefficient (Wildman–Crippen LogP) is 2.60. The van der Waals surface area contributed by atoms with E-state index in [2.05, 4.69) is 42.9 Å². The molecule has 0 saturated carbocycles. The number of thiazole rings is 1. The zero-order valence-electron chi connectivity index (χ0n) is 9.56. The van der Waals surface area contributed by atoms with Gasteiger partial charge in [-0.05, 0) is 36.4 Å². The topological polar surface area (TPSA) is 88.0 Å². The summed E-state index contributed by atoms with van der Waals surface area (Å²) in [5, 5.41) is 12.5. The lowest BCUT2D eigenvalue weighted by Gasteiger charge is -2.02. The van der Waals surface area contributed by atoms with E-state index in [1.807, 2.05) is 0 Å². The fourth-order valence-electron chi connectivity index (χ4n) is 1.35. The van der Waals surface area contributed by atoms with Crippen molar-refractivity contribution in [1.82, 2.24) is 15.0 Å². The molecular weight excluding hydrogens is 367 g/mol. The van der Waals surface area contributed by atoms with Gasteiger partial charge in [0, 0.05) is 6.07 Å². The highest BCUT2D eigenvalue weighted by Gasteiger charge is 2.14. The predicted molar refractivity (Wildman–Crippen MR) is 76.6 cm³/mol. The van der Waals surface area contributed by atoms with E-state index in [1.54, 1.807) is 19.9 Å². The maximum atomic E-state index is 10.9. The Labute approximate surface area is 121 Å². The van der Waals surface area contributed by atoms with E-state index in [4.69, 9.17) is 5.11 Å². The van der Waals surface area contributed by atoms with Crippen molar-refractivity contribution in [2.24, 2.45) is 0 Å². The van der Waals surface area contributed by atoms with Crippen LogP contribution in [0, 0.1) is 17.5 Å². The normalized spacial score (nSPS) is 10.4. The number of carboxylic acids is 1. The van der Waals surface area contributed by atoms with E-state index in [0.717, 1.165) is 15.0 Å². The zero-order valence-corrected chi connectivity index (χ0v) is 12.5. The molecule has 0 aliphatic rings. The maximum Gasteiger partial charge on any atom is 0.347 e. The van der Waals surface area contributed by atoms with E-state index < -0.39 is 5.97 Å². The standard InChI is InChI=1S/C10H9IN4O2S/c1-4-8(9(16)17)18-10(12-4)15-7-3-6(11)13-5(2)14-7/h3H,1-2H3,(H,16,17)(H,12,13,14,15). The molecule has 0 aliphatic heterocycles. The van der Waals surface area contributed by atoms with Crippen LogP contribution >= 0.6 is 33.9 Å². The van der Waals surface area contributed by atoms with Gasteiger partial charge in [0.1, 0.15) is 20.2 Å². The van der Waals surface area contributed by atoms with Gasteiger partial charge in [-0.1, -0.05) is 11.3 Å². The van der Waals surface area contributed by atoms with Crippen LogP contribution in [0.1, 0.15) is 21.2 Å². The van der Waals surface area contributed by atoms with E-state index >= 15 is 0 Å². The Morgan fingerprint density at radius 3 is 2.67 bits per heavy atom. The summed E-state index contributed by atoms with van der Waals surface area (Å²) in [4.78, 5) is 23.7. The summed E-state index contributed by atoms with van der Waals surface area (Å²) in [7, 11) is 0. The summed E-state index contributed by atoms with van der Waals surface area (Å²) in [5.74, 6) is 0.292. The molecule has 0 saturated heterocycles. The van der Waals surface area contributed by atoms with Crippen molar-refractivity contribution in [3.05, 3.63) is 26.2 Å². The average Bonchev–Trinajstić information content (AvgIpc) is 2.57. The third-order valence-corrected chi connectivity index (χ3v) is 3.65. The van der Waals surface area contributed by atoms with Crippen LogP contribution in [0.4, 0.5) is 10.9 Å². The van der Waals surface area contributed by atoms with E-state index in [9.17, 15) is 4.79 Å². The lowest BCUT2D eigenvalue weighted by atomic mass is 10.4. The number of rotatable bonds is 3. The maximum absolute atomic E-state index is 10.9. The number of carbonyl (C=O) groups is 1. The van der Waals surface area contributed by atoms with Crippen LogP contribution in [0.5, 0.6) is 0 Å². The first-order valence-corrected chi connectivity index (χ1v) is 6.84. The summed E-state index contributed by atoms with van der Waals surface area (Å²) in [6.45, 7) is 3.46. The van der Waals surface area contributed by atoms with Crippen LogP contribution in [-0.2, 0) is 0 Å². The molecule has 0 fully saturated rings. The van der Waals surface area contributed by atoms with Crippen molar-refractivity contribution < 1.29 is 9.90 Å². The zero-order chi connectivity index (χ0) is 13.3. The smallest absolute Gasteiger partial charge is 0.347 e. The second-order valence-electron chi connectivity index (χ2n) is 3.49. The Kier molecular flexibility index (Phi) is 3.76. The molecule has 2 heterocycles. The molecule has 94 valence electrons. The van der Waals surface area contributed by atoms with Crippen molar-refractivity contribution in [2.75, 3.05) is 5.32 Å². The van der Waals surface area contributed by atoms with Crippen molar-refractivity contribution in [3.8, 4) is 0 Å². The average molecular weight is 376 g/mol. The summed E-state index contributed by atoms with van der Waals surface area (Å²) in [6, 6.07) is 1.77. The molecule has 0 aromatic carbocycles. The first-order chi connectivity index (χ1) is 8.45. The molecule has 2 aromatic heterocycles. The Hall–Kier alpha value is -1.29. The van der Waals surface area contributed by atoms with Gasteiger partial charge in [-0.15, -0.1) is 0 Å². The van der Waals surface area contributed by atoms with Crippen LogP contribution < -0.4 is 5.32 Å². The molecule has 2 rings (SSSR count). The lowest BCUT2D eigenvalue weighted by Crippen LogP contribution is -1.98. The number of hydrogen-bond acceptors (Lipinski definition) is 6.